The fraction of sp³-hybridized carbons (Fsp3) is 0. The van der Waals surface area contributed by atoms with Gasteiger partial charge in [0.15, 0.2) is 0 Å². The molecule has 1 aromatic carbocycles. The molecule has 0 saturated carbocycles. The van der Waals surface area contributed by atoms with E-state index in [9.17, 15) is 4.79 Å². The Kier molecular flexibility index (Phi) is 6.44. The maximum absolute atomic E-state index is 10.1. The molecule has 0 bridgehead atoms. The first kappa shape index (κ1) is 11.9. The summed E-state index contributed by atoms with van der Waals surface area (Å²) in [5.41, 5.74) is 0.898. The summed E-state index contributed by atoms with van der Waals surface area (Å²) >= 11 is 0. The maximum atomic E-state index is 10.1. The minimum absolute atomic E-state index is 0. The van der Waals surface area contributed by atoms with E-state index in [1.165, 1.54) is 0 Å². The first-order valence-electron chi connectivity index (χ1n) is 3.25. The summed E-state index contributed by atoms with van der Waals surface area (Å²) in [6, 6.07) is 9.31. The number of rotatable bonds is 2. The average molecular weight is 321 g/mol. The van der Waals surface area contributed by atoms with Gasteiger partial charge in [-0.3, -0.25) is 0 Å². The van der Waals surface area contributed by atoms with Crippen LogP contribution in [0.2, 0.25) is 0 Å². The fourth-order valence-electron chi connectivity index (χ4n) is 0.732. The van der Waals surface area contributed by atoms with Crippen LogP contribution in [0, 0.1) is 46.9 Å². The maximum Gasteiger partial charge on any atom is 0.328 e. The van der Waals surface area contributed by atoms with Gasteiger partial charge in [-0.2, -0.15) is 0 Å². The third kappa shape index (κ3) is 4.75. The van der Waals surface area contributed by atoms with Gasteiger partial charge in [0.25, 0.3) is 0 Å². The van der Waals surface area contributed by atoms with Gasteiger partial charge in [0, 0.05) is 53.0 Å². The molecule has 0 unspecified atom stereocenters. The smallest absolute Gasteiger partial charge is 0.328 e. The van der Waals surface area contributed by atoms with Gasteiger partial charge in [0.05, 0.1) is 0 Å². The number of carboxylic acids is 1. The Morgan fingerprint density at radius 3 is 2.33 bits per heavy atom. The summed E-state index contributed by atoms with van der Waals surface area (Å²) in [6.45, 7) is 0. The van der Waals surface area contributed by atoms with Crippen molar-refractivity contribution in [1.82, 2.24) is 0 Å². The van der Waals surface area contributed by atoms with Gasteiger partial charge < -0.3 is 5.11 Å². The van der Waals surface area contributed by atoms with E-state index in [4.69, 9.17) is 5.11 Å². The predicted octanol–water partition coefficient (Wildman–Crippen LogP) is 1.78. The molecule has 0 heterocycles. The van der Waals surface area contributed by atoms with Gasteiger partial charge in [0.2, 0.25) is 0 Å². The number of carbonyl (C=O) groups is 1. The molecule has 0 saturated heterocycles. The second-order valence-electron chi connectivity index (χ2n) is 2.08. The van der Waals surface area contributed by atoms with Crippen LogP contribution in [0.5, 0.6) is 0 Å². The van der Waals surface area contributed by atoms with E-state index in [-0.39, 0.29) is 46.9 Å². The zero-order chi connectivity index (χ0) is 8.10. The number of carboxylic acid groups (broad SMARTS) is 1. The van der Waals surface area contributed by atoms with Gasteiger partial charge in [-0.05, 0) is 11.6 Å². The van der Waals surface area contributed by atoms with E-state index in [2.05, 4.69) is 0 Å². The van der Waals surface area contributed by atoms with Gasteiger partial charge in [-0.1, -0.05) is 30.3 Å². The Morgan fingerprint density at radius 2 is 1.83 bits per heavy atom. The summed E-state index contributed by atoms with van der Waals surface area (Å²) in [4.78, 5) is 10.1. The van der Waals surface area contributed by atoms with Gasteiger partial charge >= 0.3 is 5.97 Å². The minimum atomic E-state index is -0.922. The standard InChI is InChI=1S/C9H8O2.Yb/c10-9(11)7-6-8-4-2-1-3-5-8;/h1-7H,(H,10,11);/b7-6+;. The van der Waals surface area contributed by atoms with Crippen LogP contribution < -0.4 is 0 Å². The molecule has 1 aromatic rings. The summed E-state index contributed by atoms with van der Waals surface area (Å²) < 4.78 is 0. The van der Waals surface area contributed by atoms with Crippen LogP contribution in [-0.2, 0) is 4.79 Å². The van der Waals surface area contributed by atoms with Crippen molar-refractivity contribution >= 4 is 12.0 Å². The third-order valence-electron chi connectivity index (χ3n) is 1.22. The quantitative estimate of drug-likeness (QED) is 0.843. The van der Waals surface area contributed by atoms with Crippen LogP contribution in [-0.4, -0.2) is 11.1 Å². The summed E-state index contributed by atoms with van der Waals surface area (Å²) in [7, 11) is 0. The molecular formula is C9H8O2Yb. The van der Waals surface area contributed by atoms with E-state index in [0.29, 0.717) is 0 Å². The first-order chi connectivity index (χ1) is 5.29. The van der Waals surface area contributed by atoms with E-state index < -0.39 is 5.97 Å². The van der Waals surface area contributed by atoms with E-state index in [1.807, 2.05) is 30.3 Å². The van der Waals surface area contributed by atoms with Crippen molar-refractivity contribution in [2.24, 2.45) is 0 Å². The summed E-state index contributed by atoms with van der Waals surface area (Å²) in [5, 5.41) is 8.29. The molecule has 3 heteroatoms. The molecule has 0 radical (unpaired) electrons. The van der Waals surface area contributed by atoms with E-state index in [1.54, 1.807) is 6.08 Å². The molecular weight excluding hydrogens is 313 g/mol. The average Bonchev–Trinajstić information content (AvgIpc) is 2.03. The molecule has 0 spiro atoms. The molecule has 70 valence electrons. The SMILES string of the molecule is O=C(O)/C=C/c1ccccc1.[Yb]. The Labute approximate surface area is 110 Å². The first-order valence-corrected chi connectivity index (χ1v) is 3.25. The molecule has 0 aromatic heterocycles. The van der Waals surface area contributed by atoms with Crippen LogP contribution in [0.15, 0.2) is 36.4 Å². The Balaban J connectivity index is 0.00000121. The molecule has 0 fully saturated rings. The fourth-order valence-corrected chi connectivity index (χ4v) is 0.732. The van der Waals surface area contributed by atoms with Crippen molar-refractivity contribution in [2.75, 3.05) is 0 Å². The molecule has 1 rings (SSSR count). The van der Waals surface area contributed by atoms with Crippen molar-refractivity contribution < 1.29 is 56.8 Å². The summed E-state index contributed by atoms with van der Waals surface area (Å²) in [6.07, 6.45) is 2.68. The molecule has 0 aliphatic rings. The number of benzene rings is 1. The molecule has 0 amide bonds. The Morgan fingerprint density at radius 1 is 1.25 bits per heavy atom. The zero-order valence-electron chi connectivity index (χ0n) is 6.16. The Hall–Kier alpha value is -0.0505. The Bertz CT molecular complexity index is 267. The van der Waals surface area contributed by atoms with Crippen molar-refractivity contribution in [3.05, 3.63) is 42.0 Å². The molecule has 1 N–H and O–H groups in total. The topological polar surface area (TPSA) is 37.3 Å². The van der Waals surface area contributed by atoms with Crippen molar-refractivity contribution in [1.29, 1.82) is 0 Å². The van der Waals surface area contributed by atoms with Crippen LogP contribution in [0.3, 0.4) is 0 Å². The van der Waals surface area contributed by atoms with Crippen molar-refractivity contribution in [3.63, 3.8) is 0 Å². The van der Waals surface area contributed by atoms with Crippen LogP contribution in [0.1, 0.15) is 5.56 Å². The van der Waals surface area contributed by atoms with Crippen molar-refractivity contribution in [2.45, 2.75) is 0 Å². The molecule has 2 nitrogen and oxygen atoms in total. The molecule has 0 atom stereocenters. The molecule has 12 heavy (non-hydrogen) atoms. The monoisotopic (exact) mass is 322 g/mol. The van der Waals surface area contributed by atoms with Gasteiger partial charge in [0.1, 0.15) is 0 Å². The third-order valence-corrected chi connectivity index (χ3v) is 1.22. The molecule has 0 aliphatic heterocycles. The van der Waals surface area contributed by atoms with Crippen LogP contribution >= 0.6 is 0 Å². The second-order valence-corrected chi connectivity index (χ2v) is 2.08. The number of aliphatic carboxylic acids is 1. The second kappa shape index (κ2) is 6.46. The van der Waals surface area contributed by atoms with E-state index in [0.717, 1.165) is 11.6 Å². The summed E-state index contributed by atoms with van der Waals surface area (Å²) in [5.74, 6) is -0.922. The number of hydrogen-bond donors (Lipinski definition) is 1. The molecule has 0 aliphatic carbocycles. The van der Waals surface area contributed by atoms with E-state index >= 15 is 0 Å². The normalized spacial score (nSPS) is 9.33. The van der Waals surface area contributed by atoms with Gasteiger partial charge in [-0.25, -0.2) is 4.79 Å². The minimum Gasteiger partial charge on any atom is -0.478 e. The van der Waals surface area contributed by atoms with Gasteiger partial charge in [-0.15, -0.1) is 0 Å². The number of hydrogen-bond acceptors (Lipinski definition) is 1. The van der Waals surface area contributed by atoms with Crippen molar-refractivity contribution in [3.8, 4) is 0 Å². The predicted molar refractivity (Wildman–Crippen MR) is 43.1 cm³/mol. The van der Waals surface area contributed by atoms with Crippen LogP contribution in [0.4, 0.5) is 0 Å². The zero-order valence-corrected chi connectivity index (χ0v) is 7.88. The van der Waals surface area contributed by atoms with Crippen LogP contribution in [0.25, 0.3) is 6.08 Å². The largest absolute Gasteiger partial charge is 0.478 e.